The van der Waals surface area contributed by atoms with Gasteiger partial charge in [0.1, 0.15) is 71.2 Å². The monoisotopic (exact) mass is 1470 g/mol. The van der Waals surface area contributed by atoms with Crippen molar-refractivity contribution in [2.75, 3.05) is 20.3 Å². The molecule has 2 saturated heterocycles. The molecule has 542 valence electrons. The van der Waals surface area contributed by atoms with Crippen LogP contribution in [0.3, 0.4) is 0 Å². The molecule has 0 radical (unpaired) electrons. The number of rotatable bonds is 35. The van der Waals surface area contributed by atoms with E-state index in [2.05, 4.69) is 0 Å². The number of hydrogen-bond donors (Lipinski definition) is 0. The summed E-state index contributed by atoms with van der Waals surface area (Å²) in [6, 6.07) is 104. The molecule has 2 aliphatic heterocycles. The summed E-state index contributed by atoms with van der Waals surface area (Å²) in [5, 5.41) is 0. The van der Waals surface area contributed by atoms with Crippen molar-refractivity contribution < 1.29 is 78.9 Å². The Labute approximate surface area is 618 Å². The Morgan fingerprint density at radius 3 is 0.867 bits per heavy atom. The maximum absolute atomic E-state index is 15.1. The summed E-state index contributed by atoms with van der Waals surface area (Å²) in [6.07, 6.45) is -7.70. The molecule has 0 spiro atoms. The van der Waals surface area contributed by atoms with E-state index in [1.54, 1.807) is 97.1 Å². The number of benzene rings is 11. The highest BCUT2D eigenvalue weighted by Gasteiger charge is 2.55. The van der Waals surface area contributed by atoms with Crippen LogP contribution in [0.4, 0.5) is 0 Å². The molecule has 0 bridgehead atoms. The summed E-state index contributed by atoms with van der Waals surface area (Å²) < 4.78 is 126. The predicted molar refractivity (Wildman–Crippen MR) is 402 cm³/mol. The van der Waals surface area contributed by atoms with Crippen LogP contribution < -0.4 is 18.1 Å². The van der Waals surface area contributed by atoms with Gasteiger partial charge >= 0.3 is 15.6 Å². The van der Waals surface area contributed by atoms with Crippen LogP contribution in [0.1, 0.15) is 33.4 Å². The fraction of sp³-hybridized carbons (Fsp3) is 0.224. The van der Waals surface area contributed by atoms with Gasteiger partial charge < -0.3 is 60.7 Å². The first kappa shape index (κ1) is 75.7. The van der Waals surface area contributed by atoms with Gasteiger partial charge in [0.25, 0.3) is 0 Å². The molecule has 2 fully saturated rings. The highest BCUT2D eigenvalue weighted by atomic mass is 32.2. The standard InChI is InChI=1S/C45H43O8PS.C40H41O9P/c46-54(51-38-25-13-4-14-26-38,52-39-27-15-5-16-28-39)53-44-43(49-33-37-23-11-3-12-24-37)42(48-32-36-21-9-2-10-22-36)41(34-47-31-35-19-7-1-8-20-35)50-45(44)55-40-29-17-6-18-30-40;1-42-40-39(49-50(41,47-34-23-13-5-14-24-34)48-35-25-15-6-16-26-35)38(45-29-33-21-11-4-12-22-33)37(44-28-32-19-9-3-10-20-32)36(46-40)30-43-27-31-17-7-2-8-18-31/h1-30,41-45H,31-34H2;2-26,36-40H,27-30H2,1H3. The Kier molecular flexibility index (Phi) is 28.8. The summed E-state index contributed by atoms with van der Waals surface area (Å²) in [4.78, 5) is 0.915. The zero-order chi connectivity index (χ0) is 72.0. The van der Waals surface area contributed by atoms with E-state index in [0.29, 0.717) is 36.2 Å². The van der Waals surface area contributed by atoms with Crippen LogP contribution in [-0.2, 0) is 100 Å². The molecule has 0 amide bonds. The molecule has 10 unspecified atom stereocenters. The van der Waals surface area contributed by atoms with Crippen LogP contribution >= 0.6 is 27.4 Å². The molecule has 2 aliphatic rings. The van der Waals surface area contributed by atoms with E-state index in [1.165, 1.54) is 18.9 Å². The lowest BCUT2D eigenvalue weighted by molar-refractivity contribution is -0.309. The number of hydrogen-bond acceptors (Lipinski definition) is 18. The van der Waals surface area contributed by atoms with Gasteiger partial charge in [0.15, 0.2) is 12.4 Å². The molecule has 11 aromatic rings. The van der Waals surface area contributed by atoms with E-state index in [-0.39, 0.29) is 39.6 Å². The molecule has 20 heteroatoms. The average Bonchev–Trinajstić information content (AvgIpc) is 0.779. The topological polar surface area (TPSA) is 173 Å². The number of thioether (sulfide) groups is 1. The van der Waals surface area contributed by atoms with Crippen molar-refractivity contribution in [1.82, 2.24) is 0 Å². The lowest BCUT2D eigenvalue weighted by Gasteiger charge is -2.46. The Bertz CT molecular complexity index is 4230. The van der Waals surface area contributed by atoms with Crippen molar-refractivity contribution in [3.05, 3.63) is 367 Å². The first-order chi connectivity index (χ1) is 51.7. The molecular formula is C85H84O17P2S. The zero-order valence-electron chi connectivity index (χ0n) is 57.9. The summed E-state index contributed by atoms with van der Waals surface area (Å²) in [6.45, 7) is 2.03. The van der Waals surface area contributed by atoms with Gasteiger partial charge in [-0.05, 0) is 94.0 Å². The maximum Gasteiger partial charge on any atom is 0.588 e. The molecule has 2 heterocycles. The second kappa shape index (κ2) is 39.9. The molecule has 0 aromatic heterocycles. The number of phosphoric acid groups is 2. The minimum atomic E-state index is -4.45. The summed E-state index contributed by atoms with van der Waals surface area (Å²) >= 11 is 1.43. The van der Waals surface area contributed by atoms with Crippen molar-refractivity contribution in [2.45, 2.75) is 105 Å². The van der Waals surface area contributed by atoms with E-state index in [4.69, 9.17) is 69.8 Å². The third kappa shape index (κ3) is 23.5. The largest absolute Gasteiger partial charge is 0.588 e. The highest BCUT2D eigenvalue weighted by molar-refractivity contribution is 7.99. The van der Waals surface area contributed by atoms with Gasteiger partial charge in [-0.15, -0.1) is 0 Å². The number of para-hydroxylation sites is 4. The Balaban J connectivity index is 0.000000198. The molecule has 0 saturated carbocycles. The minimum absolute atomic E-state index is 0.158. The summed E-state index contributed by atoms with van der Waals surface area (Å²) in [5.41, 5.74) is 5.08. The van der Waals surface area contributed by atoms with Gasteiger partial charge in [0.2, 0.25) is 0 Å². The normalized spacial score (nSPS) is 20.2. The highest BCUT2D eigenvalue weighted by Crippen LogP contribution is 2.55. The van der Waals surface area contributed by atoms with Gasteiger partial charge in [-0.1, -0.05) is 285 Å². The fourth-order valence-electron chi connectivity index (χ4n) is 11.6. The van der Waals surface area contributed by atoms with E-state index in [1.807, 2.05) is 237 Å². The third-order valence-electron chi connectivity index (χ3n) is 16.7. The number of ether oxygens (including phenoxy) is 9. The summed E-state index contributed by atoms with van der Waals surface area (Å²) in [7, 11) is -7.39. The molecule has 17 nitrogen and oxygen atoms in total. The van der Waals surface area contributed by atoms with Gasteiger partial charge in [0, 0.05) is 12.0 Å². The maximum atomic E-state index is 15.1. The SMILES string of the molecule is COC1OC(COCc2ccccc2)C(OCc2ccccc2)C(OCc2ccccc2)C1OP(=O)(Oc1ccccc1)Oc1ccccc1.O=P(Oc1ccccc1)(Oc1ccccc1)OC1C(Sc2ccccc2)OC(COCc2ccccc2)C(OCc2ccccc2)C1OCc1ccccc1. The van der Waals surface area contributed by atoms with Crippen molar-refractivity contribution in [1.29, 1.82) is 0 Å². The zero-order valence-corrected chi connectivity index (χ0v) is 60.5. The molecular weight excluding hydrogens is 1390 g/mol. The summed E-state index contributed by atoms with van der Waals surface area (Å²) in [5.74, 6) is 1.22. The fourth-order valence-corrected chi connectivity index (χ4v) is 15.6. The lowest BCUT2D eigenvalue weighted by Crippen LogP contribution is -2.61. The van der Waals surface area contributed by atoms with Gasteiger partial charge in [-0.3, -0.25) is 9.05 Å². The van der Waals surface area contributed by atoms with Crippen LogP contribution in [0, 0.1) is 0 Å². The van der Waals surface area contributed by atoms with Crippen LogP contribution in [0.25, 0.3) is 0 Å². The second-order valence-electron chi connectivity index (χ2n) is 24.5. The Morgan fingerprint density at radius 2 is 0.552 bits per heavy atom. The van der Waals surface area contributed by atoms with Crippen LogP contribution in [0.15, 0.2) is 339 Å². The van der Waals surface area contributed by atoms with Gasteiger partial charge in [-0.25, -0.2) is 9.13 Å². The van der Waals surface area contributed by atoms with Crippen molar-refractivity contribution in [3.63, 3.8) is 0 Å². The first-order valence-corrected chi connectivity index (χ1v) is 38.5. The predicted octanol–water partition coefficient (Wildman–Crippen LogP) is 18.9. The molecule has 10 atom stereocenters. The van der Waals surface area contributed by atoms with Crippen molar-refractivity contribution >= 4 is 27.4 Å². The number of phosphoric ester groups is 2. The van der Waals surface area contributed by atoms with Gasteiger partial charge in [0.05, 0.1) is 52.9 Å². The average molecular weight is 1470 g/mol. The second-order valence-corrected chi connectivity index (χ2v) is 28.6. The lowest BCUT2D eigenvalue weighted by atomic mass is 9.98. The minimum Gasteiger partial charge on any atom is -0.395 e. The van der Waals surface area contributed by atoms with Crippen molar-refractivity contribution in [2.24, 2.45) is 0 Å². The van der Waals surface area contributed by atoms with E-state index < -0.39 is 76.2 Å². The van der Waals surface area contributed by atoms with E-state index in [9.17, 15) is 4.57 Å². The molecule has 13 rings (SSSR count). The first-order valence-electron chi connectivity index (χ1n) is 34.6. The molecule has 11 aromatic carbocycles. The van der Waals surface area contributed by atoms with Crippen LogP contribution in [0.2, 0.25) is 0 Å². The van der Waals surface area contributed by atoms with Crippen LogP contribution in [-0.4, -0.2) is 80.9 Å². The van der Waals surface area contributed by atoms with Crippen LogP contribution in [0.5, 0.6) is 23.0 Å². The van der Waals surface area contributed by atoms with Gasteiger partial charge in [-0.2, -0.15) is 0 Å². The quantitative estimate of drug-likeness (QED) is 0.0343. The Hall–Kier alpha value is -9.01. The third-order valence-corrected chi connectivity index (χ3v) is 20.6. The van der Waals surface area contributed by atoms with E-state index >= 15 is 4.57 Å². The van der Waals surface area contributed by atoms with Crippen molar-refractivity contribution in [3.8, 4) is 23.0 Å². The molecule has 105 heavy (non-hydrogen) atoms. The molecule has 0 N–H and O–H groups in total. The Morgan fingerprint density at radius 1 is 0.295 bits per heavy atom. The number of methoxy groups -OCH3 is 1. The van der Waals surface area contributed by atoms with E-state index in [0.717, 1.165) is 38.3 Å². The molecule has 0 aliphatic carbocycles. The smallest absolute Gasteiger partial charge is 0.395 e.